The van der Waals surface area contributed by atoms with E-state index in [9.17, 15) is 56.7 Å². The summed E-state index contributed by atoms with van der Waals surface area (Å²) in [5, 5.41) is 28.9. The first-order valence-electron chi connectivity index (χ1n) is 28.2. The van der Waals surface area contributed by atoms with E-state index in [4.69, 9.17) is 28.5 Å². The van der Waals surface area contributed by atoms with Crippen molar-refractivity contribution in [2.24, 2.45) is 5.41 Å². The highest BCUT2D eigenvalue weighted by atomic mass is 32.5. The number of unbranched alkanes of at least 4 members (excludes halogenated alkanes) is 2. The smallest absolute Gasteiger partial charge is 0.488 e. The average Bonchev–Trinajstić information content (AvgIpc) is 1.81. The van der Waals surface area contributed by atoms with Gasteiger partial charge in [0.2, 0.25) is 11.6 Å². The van der Waals surface area contributed by atoms with Crippen LogP contribution in [0.3, 0.4) is 0 Å². The van der Waals surface area contributed by atoms with Crippen molar-refractivity contribution < 1.29 is 93.2 Å². The van der Waals surface area contributed by atoms with Gasteiger partial charge in [0.1, 0.15) is 30.4 Å². The summed E-state index contributed by atoms with van der Waals surface area (Å²) in [5.41, 5.74) is 5.44. The van der Waals surface area contributed by atoms with Crippen molar-refractivity contribution in [1.29, 1.82) is 0 Å². The van der Waals surface area contributed by atoms with Crippen LogP contribution in [0.4, 0.5) is 17.1 Å². The van der Waals surface area contributed by atoms with Crippen LogP contribution in [0.15, 0.2) is 102 Å². The number of nitrogens with zero attached hydrogens (tertiary/aromatic N) is 4. The number of likely N-dealkylation sites (N-methyl/N-ethyl adjacent to an activating group) is 1. The average molecular weight is 1330 g/mol. The summed E-state index contributed by atoms with van der Waals surface area (Å²) in [6, 6.07) is 13.9. The van der Waals surface area contributed by atoms with E-state index in [0.29, 0.717) is 25.8 Å². The van der Waals surface area contributed by atoms with E-state index in [1.54, 1.807) is 26.8 Å². The van der Waals surface area contributed by atoms with Gasteiger partial charge in [-0.2, -0.15) is 17.3 Å². The van der Waals surface area contributed by atoms with E-state index in [-0.39, 0.29) is 69.6 Å². The Morgan fingerprint density at radius 3 is 2.40 bits per heavy atom. The Bertz CT molecular complexity index is 3770. The zero-order chi connectivity index (χ0) is 66.0. The number of fused-ring (bicyclic) bond motifs is 2. The maximum atomic E-state index is 13.3. The molecule has 31 heteroatoms. The number of phosphoric acid groups is 2. The van der Waals surface area contributed by atoms with Crippen molar-refractivity contribution >= 4 is 78.9 Å². The maximum absolute atomic E-state index is 13.3. The van der Waals surface area contributed by atoms with Crippen LogP contribution in [0.1, 0.15) is 121 Å². The molecule has 1 fully saturated rings. The number of aliphatic hydroxyl groups excluding tert-OH is 1. The SMILES string of the molecule is C=C1NC(=O)C(CO[C@H](c2cc(OC)c(C#CCNC(=O)CCCCC[N+]3=C(C=CC=C4N(CC)c5ccc(C)cc5C4(C)C)C(C)(C)c4cc(S(=O)(=O)O)ccc43)cc2[N+](=O)[O-])C(C)(C)C)=CN1[C@H]1CC(O)[C@@H](COP(O)(=S)OP(=O)(O)OP(=O)(O)O)O1. The van der Waals surface area contributed by atoms with Crippen LogP contribution in [0.2, 0.25) is 0 Å². The molecule has 0 bridgehead atoms. The van der Waals surface area contributed by atoms with Gasteiger partial charge in [-0.15, -0.1) is 0 Å². The van der Waals surface area contributed by atoms with Crippen LogP contribution in [-0.2, 0) is 74.1 Å². The van der Waals surface area contributed by atoms with Crippen molar-refractivity contribution in [3.63, 3.8) is 0 Å². The van der Waals surface area contributed by atoms with Gasteiger partial charge in [0.15, 0.2) is 5.71 Å². The van der Waals surface area contributed by atoms with Gasteiger partial charge in [0, 0.05) is 72.6 Å². The normalized spacial score (nSPS) is 21.2. The van der Waals surface area contributed by atoms with Crippen LogP contribution < -0.4 is 20.3 Å². The quantitative estimate of drug-likeness (QED) is 0.00751. The Morgan fingerprint density at radius 2 is 1.76 bits per heavy atom. The first-order valence-corrected chi connectivity index (χ1v) is 35.2. The number of aryl methyl sites for hydroxylation is 1. The predicted octanol–water partition coefficient (Wildman–Crippen LogP) is 8.35. The lowest BCUT2D eigenvalue weighted by Crippen LogP contribution is -2.44. The number of benzene rings is 3. The monoisotopic (exact) mass is 1330 g/mol. The van der Waals surface area contributed by atoms with Crippen LogP contribution in [0, 0.1) is 34.3 Å². The number of anilines is 1. The second-order valence-corrected chi connectivity index (χ2v) is 30.9. The molecule has 26 nitrogen and oxygen atoms in total. The van der Waals surface area contributed by atoms with Crippen LogP contribution >= 0.6 is 22.4 Å². The maximum Gasteiger partial charge on any atom is 0.488 e. The Labute approximate surface area is 522 Å². The molecular formula is C58H76N6O20P3S2+. The third-order valence-electron chi connectivity index (χ3n) is 15.4. The number of hydrogen-bond donors (Lipinski definition) is 8. The van der Waals surface area contributed by atoms with Crippen LogP contribution in [0.5, 0.6) is 5.75 Å². The van der Waals surface area contributed by atoms with Gasteiger partial charge in [-0.1, -0.05) is 76.8 Å². The molecular weight excluding hydrogens is 1260 g/mol. The molecule has 0 radical (unpaired) electrons. The number of nitro benzene ring substituents is 1. The second kappa shape index (κ2) is 27.6. The summed E-state index contributed by atoms with van der Waals surface area (Å²) >= 11 is 4.66. The van der Waals surface area contributed by atoms with Gasteiger partial charge in [0.25, 0.3) is 21.7 Å². The fourth-order valence-electron chi connectivity index (χ4n) is 11.2. The molecule has 0 spiro atoms. The van der Waals surface area contributed by atoms with E-state index in [1.165, 1.54) is 59.3 Å². The highest BCUT2D eigenvalue weighted by Gasteiger charge is 2.47. The van der Waals surface area contributed by atoms with E-state index >= 15 is 0 Å². The Hall–Kier alpha value is -5.79. The number of ether oxygens (including phenoxy) is 3. The van der Waals surface area contributed by atoms with Crippen molar-refractivity contribution in [2.45, 2.75) is 135 Å². The summed E-state index contributed by atoms with van der Waals surface area (Å²) in [4.78, 5) is 79.6. The van der Waals surface area contributed by atoms with Gasteiger partial charge in [-0.25, -0.2) is 13.4 Å². The molecule has 0 saturated carbocycles. The molecule has 4 aliphatic heterocycles. The molecule has 3 aromatic rings. The molecule has 8 N–H and O–H groups in total. The summed E-state index contributed by atoms with van der Waals surface area (Å²) in [6.45, 7) is 17.2. The molecule has 484 valence electrons. The highest BCUT2D eigenvalue weighted by molar-refractivity contribution is 8.08. The molecule has 7 rings (SSSR count). The van der Waals surface area contributed by atoms with Crippen molar-refractivity contribution in [2.75, 3.05) is 44.9 Å². The largest absolute Gasteiger partial charge is 0.495 e. The Kier molecular flexibility index (Phi) is 21.9. The number of aliphatic hydroxyl groups is 1. The molecule has 4 heterocycles. The van der Waals surface area contributed by atoms with Gasteiger partial charge >= 0.3 is 22.4 Å². The third-order valence-corrected chi connectivity index (χ3v) is 21.0. The second-order valence-electron chi connectivity index (χ2n) is 23.7. The number of hydrogen-bond acceptors (Lipinski definition) is 18. The van der Waals surface area contributed by atoms with Crippen LogP contribution in [-0.4, -0.2) is 128 Å². The first kappa shape index (κ1) is 70.7. The topological polar surface area (TPSA) is 356 Å². The zero-order valence-corrected chi connectivity index (χ0v) is 55.2. The number of carbonyl (C=O) groups is 2. The number of nitro groups is 1. The predicted molar refractivity (Wildman–Crippen MR) is 333 cm³/mol. The van der Waals surface area contributed by atoms with Crippen LogP contribution in [0.25, 0.3) is 0 Å². The minimum Gasteiger partial charge on any atom is -0.495 e. The zero-order valence-electron chi connectivity index (χ0n) is 50.9. The molecule has 1 saturated heterocycles. The van der Waals surface area contributed by atoms with Gasteiger partial charge in [-0.3, -0.25) is 24.3 Å². The van der Waals surface area contributed by atoms with Crippen molar-refractivity contribution in [3.05, 3.63) is 135 Å². The Morgan fingerprint density at radius 1 is 1.06 bits per heavy atom. The standard InChI is InChI=1S/C58H75N6O20P3S2/c1-12-61-44-24-22-36(2)28-42(44)57(7,8)50(61)19-16-20-51-58(9,10)43-30-40(89(76,77)78)23-25-45(43)62(51)27-15-13-14-21-52(66)59-26-17-18-38-29-46(64(68)69)41(31-48(38)79-11)54(56(4,5)6)80-34-39-33-63(37(3)60-55(39)67)53-32-47(65)49(82-53)35-81-87(75,88)84-86(73,74)83-85(70,71)72/h16,19-20,22-25,28-31,33,47,49,53-54,65H,3,12-15,21,26-27,32,34-35H2,1-2,4-11H3,(H6-,59,60,66,67,70,71,72,73,74,75,76,77,78,88)/p+1/t47?,49-,53-,54-,87?/m1/s1. The first-order chi connectivity index (χ1) is 41.3. The summed E-state index contributed by atoms with van der Waals surface area (Å²) in [6.07, 6.45) is 4.83. The molecule has 2 amide bonds. The van der Waals surface area contributed by atoms with E-state index in [0.717, 1.165) is 29.2 Å². The lowest BCUT2D eigenvalue weighted by Gasteiger charge is -2.35. The third kappa shape index (κ3) is 17.0. The number of amides is 2. The number of carbonyl (C=O) groups excluding carboxylic acids is 2. The molecule has 3 unspecified atom stereocenters. The number of nitrogens with one attached hydrogen (secondary N) is 2. The van der Waals surface area contributed by atoms with Gasteiger partial charge in [0.05, 0.1) is 71.0 Å². The van der Waals surface area contributed by atoms with Crippen molar-refractivity contribution in [1.82, 2.24) is 15.5 Å². The summed E-state index contributed by atoms with van der Waals surface area (Å²) in [5.74, 6) is 5.02. The molecule has 0 aliphatic carbocycles. The molecule has 89 heavy (non-hydrogen) atoms. The van der Waals surface area contributed by atoms with E-state index < -0.39 is 91.9 Å². The fraction of sp³-hybridized carbons (Fsp3) is 0.466. The number of methoxy groups -OCH3 is 1. The lowest BCUT2D eigenvalue weighted by molar-refractivity contribution is -0.438. The Balaban J connectivity index is 0.976. The van der Waals surface area contributed by atoms with E-state index in [1.807, 2.05) is 19.9 Å². The minimum absolute atomic E-state index is 0.00409. The van der Waals surface area contributed by atoms with E-state index in [2.05, 4.69) is 117 Å². The number of allylic oxidation sites excluding steroid dienone is 4. The molecule has 3 aromatic carbocycles. The molecule has 6 atom stereocenters. The lowest BCUT2D eigenvalue weighted by atomic mass is 9.81. The van der Waals surface area contributed by atoms with Gasteiger partial charge in [-0.05, 0) is 93.7 Å². The fourth-order valence-corrected chi connectivity index (χ4v) is 15.6. The molecule has 0 aromatic heterocycles. The van der Waals surface area contributed by atoms with Gasteiger partial charge < -0.3 is 63.8 Å². The number of rotatable bonds is 25. The minimum atomic E-state index is -5.61. The molecule has 4 aliphatic rings. The highest BCUT2D eigenvalue weighted by Crippen LogP contribution is 2.66. The van der Waals surface area contributed by atoms with Crippen molar-refractivity contribution in [3.8, 4) is 17.6 Å². The summed E-state index contributed by atoms with van der Waals surface area (Å²) in [7, 11) is -14.3. The summed E-state index contributed by atoms with van der Waals surface area (Å²) < 4.78 is 90.4.